The van der Waals surface area contributed by atoms with Gasteiger partial charge in [-0.2, -0.15) is 0 Å². The number of carbonyl (C=O) groups is 1. The number of rotatable bonds is 6. The van der Waals surface area contributed by atoms with Crippen LogP contribution in [0.1, 0.15) is 19.8 Å². The van der Waals surface area contributed by atoms with Crippen molar-refractivity contribution in [3.05, 3.63) is 12.2 Å². The lowest BCUT2D eigenvalue weighted by atomic mass is 10.2. The molecule has 4 nitrogen and oxygen atoms in total. The predicted molar refractivity (Wildman–Crippen MR) is 48.0 cm³/mol. The van der Waals surface area contributed by atoms with Crippen LogP contribution in [-0.4, -0.2) is 25.2 Å². The number of ether oxygens (including phenoxy) is 1. The zero-order valence-corrected chi connectivity index (χ0v) is 7.71. The average molecular weight is 183 g/mol. The Morgan fingerprint density at radius 3 is 2.85 bits per heavy atom. The summed E-state index contributed by atoms with van der Waals surface area (Å²) >= 11 is 0. The third kappa shape index (κ3) is 5.82. The molecule has 13 heavy (non-hydrogen) atoms. The van der Waals surface area contributed by atoms with E-state index in [1.54, 1.807) is 0 Å². The van der Waals surface area contributed by atoms with Crippen LogP contribution in [-0.2, 0) is 14.3 Å². The molecule has 72 valence electrons. The highest BCUT2D eigenvalue weighted by molar-refractivity contribution is 5.87. The van der Waals surface area contributed by atoms with Crippen molar-refractivity contribution in [1.29, 1.82) is 0 Å². The van der Waals surface area contributed by atoms with Gasteiger partial charge in [0.25, 0.3) is 0 Å². The lowest BCUT2D eigenvalue weighted by Gasteiger charge is -2.03. The summed E-state index contributed by atoms with van der Waals surface area (Å²) in [4.78, 5) is 23.9. The van der Waals surface area contributed by atoms with Crippen LogP contribution in [0.15, 0.2) is 17.1 Å². The van der Waals surface area contributed by atoms with E-state index in [9.17, 15) is 9.59 Å². The highest BCUT2D eigenvalue weighted by Gasteiger charge is 2.04. The van der Waals surface area contributed by atoms with Crippen molar-refractivity contribution in [1.82, 2.24) is 0 Å². The summed E-state index contributed by atoms with van der Waals surface area (Å²) in [7, 11) is 0. The molecule has 4 heteroatoms. The first kappa shape index (κ1) is 11.6. The van der Waals surface area contributed by atoms with E-state index in [1.807, 2.05) is 6.92 Å². The van der Waals surface area contributed by atoms with Crippen LogP contribution in [0.25, 0.3) is 0 Å². The van der Waals surface area contributed by atoms with Gasteiger partial charge in [0.05, 0.1) is 13.2 Å². The number of esters is 1. The Kier molecular flexibility index (Phi) is 6.46. The molecular formula is C9H13NO3. The summed E-state index contributed by atoms with van der Waals surface area (Å²) in [5.41, 5.74) is 0.457. The number of hydrogen-bond donors (Lipinski definition) is 0. The van der Waals surface area contributed by atoms with Crippen LogP contribution in [0, 0.1) is 0 Å². The molecule has 0 radical (unpaired) electrons. The molecule has 0 fully saturated rings. The molecule has 0 amide bonds. The van der Waals surface area contributed by atoms with Gasteiger partial charge in [-0.1, -0.05) is 13.5 Å². The van der Waals surface area contributed by atoms with Gasteiger partial charge in [-0.3, -0.25) is 0 Å². The topological polar surface area (TPSA) is 55.7 Å². The van der Waals surface area contributed by atoms with E-state index in [0.29, 0.717) is 25.0 Å². The monoisotopic (exact) mass is 183 g/mol. The van der Waals surface area contributed by atoms with Gasteiger partial charge in [0, 0.05) is 12.0 Å². The molecular weight excluding hydrogens is 170 g/mol. The lowest BCUT2D eigenvalue weighted by molar-refractivity contribution is -0.139. The molecule has 0 heterocycles. The Balaban J connectivity index is 3.48. The van der Waals surface area contributed by atoms with Crippen molar-refractivity contribution in [2.75, 3.05) is 13.2 Å². The maximum atomic E-state index is 11.0. The van der Waals surface area contributed by atoms with E-state index in [1.165, 1.54) is 6.08 Å². The maximum Gasteiger partial charge on any atom is 0.333 e. The number of nitrogens with zero attached hydrogens (tertiary/aromatic N) is 1. The third-order valence-electron chi connectivity index (χ3n) is 1.43. The first-order chi connectivity index (χ1) is 6.22. The van der Waals surface area contributed by atoms with Crippen molar-refractivity contribution in [2.45, 2.75) is 19.8 Å². The Bertz CT molecular complexity index is 229. The van der Waals surface area contributed by atoms with E-state index in [4.69, 9.17) is 4.74 Å². The summed E-state index contributed by atoms with van der Waals surface area (Å²) in [6.45, 7) is 5.97. The molecule has 0 N–H and O–H groups in total. The molecule has 0 aromatic rings. The van der Waals surface area contributed by atoms with Gasteiger partial charge in [-0.25, -0.2) is 14.6 Å². The molecule has 0 spiro atoms. The number of hydrogen-bond acceptors (Lipinski definition) is 4. The smallest absolute Gasteiger partial charge is 0.333 e. The van der Waals surface area contributed by atoms with Crippen molar-refractivity contribution >= 4 is 12.0 Å². The Morgan fingerprint density at radius 1 is 1.62 bits per heavy atom. The zero-order valence-electron chi connectivity index (χ0n) is 7.71. The lowest BCUT2D eigenvalue weighted by Crippen LogP contribution is -2.08. The van der Waals surface area contributed by atoms with E-state index in [0.717, 1.165) is 0 Å². The molecule has 0 aromatic heterocycles. The fourth-order valence-corrected chi connectivity index (χ4v) is 0.601. The molecule has 0 rings (SSSR count). The van der Waals surface area contributed by atoms with E-state index < -0.39 is 0 Å². The zero-order chi connectivity index (χ0) is 10.1. The Morgan fingerprint density at radius 2 is 2.31 bits per heavy atom. The highest BCUT2D eigenvalue weighted by atomic mass is 16.5. The molecule has 0 unspecified atom stereocenters. The van der Waals surface area contributed by atoms with E-state index in [2.05, 4.69) is 11.6 Å². The SMILES string of the molecule is C=C(CC)C(=O)OCCCN=C=O. The molecule has 0 aliphatic heterocycles. The quantitative estimate of drug-likeness (QED) is 0.204. The van der Waals surface area contributed by atoms with Crippen molar-refractivity contribution in [2.24, 2.45) is 4.99 Å². The Hall–Kier alpha value is -1.41. The van der Waals surface area contributed by atoms with Crippen LogP contribution in [0.5, 0.6) is 0 Å². The van der Waals surface area contributed by atoms with Gasteiger partial charge < -0.3 is 4.74 Å². The minimum absolute atomic E-state index is 0.267. The first-order valence-electron chi connectivity index (χ1n) is 4.11. The van der Waals surface area contributed by atoms with Crippen molar-refractivity contribution in [3.63, 3.8) is 0 Å². The second kappa shape index (κ2) is 7.25. The minimum atomic E-state index is -0.377. The average Bonchev–Trinajstić information content (AvgIpc) is 2.16. The van der Waals surface area contributed by atoms with Gasteiger partial charge in [0.2, 0.25) is 6.08 Å². The number of carbonyl (C=O) groups excluding carboxylic acids is 2. The largest absolute Gasteiger partial charge is 0.462 e. The minimum Gasteiger partial charge on any atom is -0.462 e. The molecule has 0 aromatic carbocycles. The van der Waals surface area contributed by atoms with E-state index >= 15 is 0 Å². The van der Waals surface area contributed by atoms with Crippen LogP contribution in [0.2, 0.25) is 0 Å². The molecule has 0 aliphatic carbocycles. The molecule has 0 saturated heterocycles. The van der Waals surface area contributed by atoms with Gasteiger partial charge in [0.15, 0.2) is 0 Å². The fraction of sp³-hybridized carbons (Fsp3) is 0.556. The van der Waals surface area contributed by atoms with Gasteiger partial charge in [-0.05, 0) is 6.42 Å². The van der Waals surface area contributed by atoms with E-state index in [-0.39, 0.29) is 12.6 Å². The summed E-state index contributed by atoms with van der Waals surface area (Å²) in [5.74, 6) is -0.377. The second-order valence-corrected chi connectivity index (χ2v) is 2.42. The fourth-order valence-electron chi connectivity index (χ4n) is 0.601. The first-order valence-corrected chi connectivity index (χ1v) is 4.11. The molecule has 0 aliphatic rings. The van der Waals surface area contributed by atoms with Crippen LogP contribution >= 0.6 is 0 Å². The third-order valence-corrected chi connectivity index (χ3v) is 1.43. The summed E-state index contributed by atoms with van der Waals surface area (Å²) in [6, 6.07) is 0. The van der Waals surface area contributed by atoms with Crippen LogP contribution < -0.4 is 0 Å². The molecule has 0 bridgehead atoms. The normalized spacial score (nSPS) is 8.69. The highest BCUT2D eigenvalue weighted by Crippen LogP contribution is 1.99. The maximum absolute atomic E-state index is 11.0. The Labute approximate surface area is 77.3 Å². The second-order valence-electron chi connectivity index (χ2n) is 2.42. The summed E-state index contributed by atoms with van der Waals surface area (Å²) in [6.07, 6.45) is 2.53. The number of aliphatic imine (C=N–C) groups is 1. The van der Waals surface area contributed by atoms with Crippen molar-refractivity contribution < 1.29 is 14.3 Å². The van der Waals surface area contributed by atoms with Gasteiger partial charge in [0.1, 0.15) is 0 Å². The summed E-state index contributed by atoms with van der Waals surface area (Å²) in [5, 5.41) is 0. The molecule has 0 atom stereocenters. The van der Waals surface area contributed by atoms with Gasteiger partial charge >= 0.3 is 5.97 Å². The van der Waals surface area contributed by atoms with Crippen molar-refractivity contribution in [3.8, 4) is 0 Å². The van der Waals surface area contributed by atoms with Gasteiger partial charge in [-0.15, -0.1) is 0 Å². The standard InChI is InChI=1S/C9H13NO3/c1-3-8(2)9(12)13-6-4-5-10-7-11/h2-6H2,1H3. The predicted octanol–water partition coefficient (Wildman–Crippen LogP) is 1.22. The summed E-state index contributed by atoms with van der Waals surface area (Å²) < 4.78 is 4.81. The van der Waals surface area contributed by atoms with Crippen LogP contribution in [0.4, 0.5) is 0 Å². The number of isocyanates is 1. The van der Waals surface area contributed by atoms with Crippen LogP contribution in [0.3, 0.4) is 0 Å². The molecule has 0 saturated carbocycles.